The van der Waals surface area contributed by atoms with Crippen LogP contribution in [0.15, 0.2) is 77.3 Å². The van der Waals surface area contributed by atoms with Crippen LogP contribution in [0.2, 0.25) is 0 Å². The number of halogens is 3. The molecule has 0 saturated carbocycles. The van der Waals surface area contributed by atoms with Crippen molar-refractivity contribution >= 4 is 43.5 Å². The Labute approximate surface area is 242 Å². The molecule has 0 radical (unpaired) electrons. The SMILES string of the molecule is CC[C@@H](C)NC(=O)[C@H](Cc1ccccc1)N(Cc1cccc(Br)c1)C(=O)CN(c1ccc(F)c(F)c1)S(C)(=O)=O. The number of carbonyl (C=O) groups is 2. The molecule has 0 fully saturated rings. The van der Waals surface area contributed by atoms with Crippen molar-refractivity contribution in [2.75, 3.05) is 17.1 Å². The highest BCUT2D eigenvalue weighted by atomic mass is 79.9. The molecule has 2 amide bonds. The topological polar surface area (TPSA) is 86.8 Å². The van der Waals surface area contributed by atoms with Crippen LogP contribution in [0.5, 0.6) is 0 Å². The molecular weight excluding hydrogens is 604 g/mol. The Balaban J connectivity index is 2.07. The first-order chi connectivity index (χ1) is 18.9. The largest absolute Gasteiger partial charge is 0.352 e. The fraction of sp³-hybridized carbons (Fsp3) is 0.310. The van der Waals surface area contributed by atoms with Gasteiger partial charge < -0.3 is 10.2 Å². The van der Waals surface area contributed by atoms with Crippen molar-refractivity contribution in [2.24, 2.45) is 0 Å². The number of sulfonamides is 1. The molecule has 11 heteroatoms. The molecular formula is C29H32BrF2N3O4S. The van der Waals surface area contributed by atoms with Gasteiger partial charge in [-0.05, 0) is 48.7 Å². The third-order valence-electron chi connectivity index (χ3n) is 6.38. The van der Waals surface area contributed by atoms with Crippen molar-refractivity contribution in [1.29, 1.82) is 0 Å². The van der Waals surface area contributed by atoms with E-state index < -0.39 is 40.2 Å². The molecule has 7 nitrogen and oxygen atoms in total. The molecule has 0 aliphatic rings. The van der Waals surface area contributed by atoms with Crippen molar-refractivity contribution in [3.63, 3.8) is 0 Å². The van der Waals surface area contributed by atoms with E-state index in [1.807, 2.05) is 50.2 Å². The van der Waals surface area contributed by atoms with Crippen molar-refractivity contribution in [1.82, 2.24) is 10.2 Å². The summed E-state index contributed by atoms with van der Waals surface area (Å²) in [5.74, 6) is -3.47. The van der Waals surface area contributed by atoms with Gasteiger partial charge in [0, 0.05) is 29.5 Å². The van der Waals surface area contributed by atoms with Crippen LogP contribution in [-0.2, 0) is 32.6 Å². The molecule has 3 rings (SSSR count). The van der Waals surface area contributed by atoms with Crippen molar-refractivity contribution < 1.29 is 26.8 Å². The van der Waals surface area contributed by atoms with E-state index in [9.17, 15) is 26.8 Å². The molecule has 3 aromatic rings. The molecule has 0 heterocycles. The number of anilines is 1. The predicted octanol–water partition coefficient (Wildman–Crippen LogP) is 5.05. The van der Waals surface area contributed by atoms with Gasteiger partial charge in [0.25, 0.3) is 0 Å². The molecule has 0 aromatic heterocycles. The van der Waals surface area contributed by atoms with Gasteiger partial charge in [-0.25, -0.2) is 17.2 Å². The monoisotopic (exact) mass is 635 g/mol. The van der Waals surface area contributed by atoms with E-state index in [4.69, 9.17) is 0 Å². The second-order valence-electron chi connectivity index (χ2n) is 9.54. The molecule has 0 bridgehead atoms. The zero-order chi connectivity index (χ0) is 29.4. The van der Waals surface area contributed by atoms with Crippen LogP contribution in [0.1, 0.15) is 31.4 Å². The summed E-state index contributed by atoms with van der Waals surface area (Å²) in [5, 5.41) is 2.95. The first kappa shape index (κ1) is 31.2. The number of hydrogen-bond donors (Lipinski definition) is 1. The molecule has 0 aliphatic carbocycles. The van der Waals surface area contributed by atoms with Gasteiger partial charge in [-0.3, -0.25) is 13.9 Å². The Kier molecular flexibility index (Phi) is 10.8. The van der Waals surface area contributed by atoms with Gasteiger partial charge in [0.2, 0.25) is 21.8 Å². The average Bonchev–Trinajstić information content (AvgIpc) is 2.90. The standard InChI is InChI=1S/C29H32BrF2N3O4S/c1-4-20(2)33-29(37)27(16-21-9-6-5-7-10-21)34(18-22-11-8-12-23(30)15-22)28(36)19-35(40(3,38)39)24-13-14-25(31)26(32)17-24/h5-15,17,20,27H,4,16,18-19H2,1-3H3,(H,33,37)/t20-,27+/m1/s1. The Morgan fingerprint density at radius 2 is 1.62 bits per heavy atom. The fourth-order valence-corrected chi connectivity index (χ4v) is 5.37. The summed E-state index contributed by atoms with van der Waals surface area (Å²) in [6.07, 6.45) is 1.71. The third kappa shape index (κ3) is 8.59. The summed E-state index contributed by atoms with van der Waals surface area (Å²) in [6.45, 7) is 3.05. The Bertz CT molecular complexity index is 1440. The highest BCUT2D eigenvalue weighted by Crippen LogP contribution is 2.23. The number of carbonyl (C=O) groups excluding carboxylic acids is 2. The smallest absolute Gasteiger partial charge is 0.244 e. The maximum Gasteiger partial charge on any atom is 0.244 e. The number of hydrogen-bond acceptors (Lipinski definition) is 4. The number of amides is 2. The van der Waals surface area contributed by atoms with Crippen LogP contribution >= 0.6 is 15.9 Å². The van der Waals surface area contributed by atoms with Gasteiger partial charge in [0.05, 0.1) is 11.9 Å². The van der Waals surface area contributed by atoms with Crippen molar-refractivity contribution in [3.8, 4) is 0 Å². The maximum atomic E-state index is 14.0. The number of rotatable bonds is 12. The van der Waals surface area contributed by atoms with Gasteiger partial charge >= 0.3 is 0 Å². The summed E-state index contributed by atoms with van der Waals surface area (Å²) in [6, 6.07) is 17.8. The average molecular weight is 637 g/mol. The lowest BCUT2D eigenvalue weighted by Gasteiger charge is -2.34. The molecule has 0 saturated heterocycles. The van der Waals surface area contributed by atoms with E-state index >= 15 is 0 Å². The Morgan fingerprint density at radius 1 is 0.950 bits per heavy atom. The van der Waals surface area contributed by atoms with E-state index in [1.54, 1.807) is 18.2 Å². The summed E-state index contributed by atoms with van der Waals surface area (Å²) in [7, 11) is -4.09. The summed E-state index contributed by atoms with van der Waals surface area (Å²) in [5.41, 5.74) is 1.30. The molecule has 1 N–H and O–H groups in total. The van der Waals surface area contributed by atoms with Crippen LogP contribution in [0.3, 0.4) is 0 Å². The second kappa shape index (κ2) is 13.8. The highest BCUT2D eigenvalue weighted by molar-refractivity contribution is 9.10. The van der Waals surface area contributed by atoms with E-state index in [2.05, 4.69) is 21.2 Å². The van der Waals surface area contributed by atoms with E-state index in [1.165, 1.54) is 4.90 Å². The summed E-state index contributed by atoms with van der Waals surface area (Å²) in [4.78, 5) is 28.9. The molecule has 214 valence electrons. The summed E-state index contributed by atoms with van der Waals surface area (Å²) >= 11 is 3.42. The van der Waals surface area contributed by atoms with Crippen LogP contribution < -0.4 is 9.62 Å². The summed E-state index contributed by atoms with van der Waals surface area (Å²) < 4.78 is 54.5. The van der Waals surface area contributed by atoms with E-state index in [0.717, 1.165) is 34.5 Å². The van der Waals surface area contributed by atoms with Crippen LogP contribution in [-0.4, -0.2) is 50.0 Å². The lowest BCUT2D eigenvalue weighted by atomic mass is 10.0. The molecule has 0 unspecified atom stereocenters. The molecule has 40 heavy (non-hydrogen) atoms. The highest BCUT2D eigenvalue weighted by Gasteiger charge is 2.33. The number of nitrogens with zero attached hydrogens (tertiary/aromatic N) is 2. The maximum absolute atomic E-state index is 14.0. The van der Waals surface area contributed by atoms with Gasteiger partial charge in [-0.1, -0.05) is 65.3 Å². The number of nitrogens with one attached hydrogen (secondary N) is 1. The molecule has 0 spiro atoms. The van der Waals surface area contributed by atoms with Gasteiger partial charge in [0.15, 0.2) is 11.6 Å². The minimum Gasteiger partial charge on any atom is -0.352 e. The van der Waals surface area contributed by atoms with Crippen molar-refractivity contribution in [2.45, 2.75) is 45.3 Å². The minimum absolute atomic E-state index is 0.000912. The van der Waals surface area contributed by atoms with Gasteiger partial charge in [-0.15, -0.1) is 0 Å². The quantitative estimate of drug-likeness (QED) is 0.302. The van der Waals surface area contributed by atoms with Crippen LogP contribution in [0, 0.1) is 11.6 Å². The third-order valence-corrected chi connectivity index (χ3v) is 8.02. The minimum atomic E-state index is -4.09. The predicted molar refractivity (Wildman–Crippen MR) is 155 cm³/mol. The van der Waals surface area contributed by atoms with Gasteiger partial charge in [-0.2, -0.15) is 0 Å². The first-order valence-corrected chi connectivity index (χ1v) is 15.3. The van der Waals surface area contributed by atoms with Crippen LogP contribution in [0.4, 0.5) is 14.5 Å². The van der Waals surface area contributed by atoms with Gasteiger partial charge in [0.1, 0.15) is 12.6 Å². The Morgan fingerprint density at radius 3 is 2.23 bits per heavy atom. The van der Waals surface area contributed by atoms with E-state index in [-0.39, 0.29) is 30.6 Å². The number of benzene rings is 3. The fourth-order valence-electron chi connectivity index (χ4n) is 4.08. The zero-order valence-corrected chi connectivity index (χ0v) is 24.9. The van der Waals surface area contributed by atoms with E-state index in [0.29, 0.717) is 16.3 Å². The lowest BCUT2D eigenvalue weighted by Crippen LogP contribution is -2.54. The molecule has 2 atom stereocenters. The molecule has 0 aliphatic heterocycles. The Hall–Kier alpha value is -3.31. The van der Waals surface area contributed by atoms with Crippen molar-refractivity contribution in [3.05, 3.63) is 100 Å². The normalized spacial score (nSPS) is 12.8. The lowest BCUT2D eigenvalue weighted by molar-refractivity contribution is -0.140. The second-order valence-corrected chi connectivity index (χ2v) is 12.4. The zero-order valence-electron chi connectivity index (χ0n) is 22.5. The first-order valence-electron chi connectivity index (χ1n) is 12.7. The van der Waals surface area contributed by atoms with Crippen LogP contribution in [0.25, 0.3) is 0 Å². The molecule has 3 aromatic carbocycles.